The fourth-order valence-electron chi connectivity index (χ4n) is 2.76. The van der Waals surface area contributed by atoms with Gasteiger partial charge >= 0.3 is 0 Å². The molecule has 0 aliphatic carbocycles. The molecule has 1 atom stereocenters. The number of hydrogen-bond donors (Lipinski definition) is 1. The van der Waals surface area contributed by atoms with Crippen LogP contribution in [0.4, 0.5) is 0 Å². The molecule has 0 bridgehead atoms. The summed E-state index contributed by atoms with van der Waals surface area (Å²) in [4.78, 5) is 2.13. The molecule has 1 aromatic carbocycles. The van der Waals surface area contributed by atoms with Gasteiger partial charge in [0.2, 0.25) is 0 Å². The van der Waals surface area contributed by atoms with Crippen LogP contribution in [0, 0.1) is 0 Å². The SMILES string of the molecule is CN(C)C(CNCc1cc(Cl)c2c(c1)OCCCO2)c1ccco1.Cl. The molecule has 7 heteroatoms. The molecule has 5 nitrogen and oxygen atoms in total. The zero-order valence-corrected chi connectivity index (χ0v) is 16.0. The first-order valence-corrected chi connectivity index (χ1v) is 8.51. The summed E-state index contributed by atoms with van der Waals surface area (Å²) in [7, 11) is 4.08. The Hall–Kier alpha value is -1.40. The van der Waals surface area contributed by atoms with E-state index in [1.54, 1.807) is 6.26 Å². The monoisotopic (exact) mass is 386 g/mol. The first kappa shape index (κ1) is 19.9. The normalized spacial score (nSPS) is 14.7. The minimum atomic E-state index is 0. The summed E-state index contributed by atoms with van der Waals surface area (Å²) in [5, 5.41) is 4.06. The molecule has 25 heavy (non-hydrogen) atoms. The van der Waals surface area contributed by atoms with Gasteiger partial charge in [-0.15, -0.1) is 12.4 Å². The second kappa shape index (κ2) is 9.34. The molecule has 3 rings (SSSR count). The highest BCUT2D eigenvalue weighted by Gasteiger charge is 2.18. The van der Waals surface area contributed by atoms with Crippen LogP contribution in [-0.2, 0) is 6.54 Å². The lowest BCUT2D eigenvalue weighted by Crippen LogP contribution is -2.30. The van der Waals surface area contributed by atoms with Gasteiger partial charge in [0.25, 0.3) is 0 Å². The number of nitrogens with one attached hydrogen (secondary N) is 1. The van der Waals surface area contributed by atoms with E-state index in [4.69, 9.17) is 25.5 Å². The molecule has 1 aliphatic heterocycles. The number of ether oxygens (including phenoxy) is 2. The zero-order valence-electron chi connectivity index (χ0n) is 14.5. The van der Waals surface area contributed by atoms with Gasteiger partial charge in [0, 0.05) is 19.5 Å². The third-order valence-corrected chi connectivity index (χ3v) is 4.30. The van der Waals surface area contributed by atoms with Crippen molar-refractivity contribution < 1.29 is 13.9 Å². The summed E-state index contributed by atoms with van der Waals surface area (Å²) in [6.07, 6.45) is 2.57. The molecular formula is C18H24Cl2N2O3. The zero-order chi connectivity index (χ0) is 16.9. The van der Waals surface area contributed by atoms with Crippen molar-refractivity contribution in [3.8, 4) is 11.5 Å². The highest BCUT2D eigenvalue weighted by atomic mass is 35.5. The Morgan fingerprint density at radius 2 is 2.04 bits per heavy atom. The maximum absolute atomic E-state index is 6.34. The van der Waals surface area contributed by atoms with Gasteiger partial charge in [0.15, 0.2) is 11.5 Å². The Morgan fingerprint density at radius 3 is 2.76 bits per heavy atom. The molecule has 1 aromatic heterocycles. The molecule has 138 valence electrons. The van der Waals surface area contributed by atoms with Crippen LogP contribution in [0.5, 0.6) is 11.5 Å². The Morgan fingerprint density at radius 1 is 1.24 bits per heavy atom. The van der Waals surface area contributed by atoms with Crippen molar-refractivity contribution in [2.75, 3.05) is 33.9 Å². The fourth-order valence-corrected chi connectivity index (χ4v) is 3.05. The average molecular weight is 387 g/mol. The molecule has 1 aliphatic rings. The van der Waals surface area contributed by atoms with Crippen molar-refractivity contribution in [3.63, 3.8) is 0 Å². The Bertz CT molecular complexity index is 663. The van der Waals surface area contributed by atoms with E-state index in [1.165, 1.54) is 0 Å². The molecule has 0 spiro atoms. The van der Waals surface area contributed by atoms with E-state index < -0.39 is 0 Å². The maximum atomic E-state index is 6.34. The van der Waals surface area contributed by atoms with E-state index >= 15 is 0 Å². The molecule has 0 saturated heterocycles. The molecule has 0 amide bonds. The number of hydrogen-bond acceptors (Lipinski definition) is 5. The second-order valence-corrected chi connectivity index (χ2v) is 6.49. The number of furan rings is 1. The fraction of sp³-hybridized carbons (Fsp3) is 0.444. The lowest BCUT2D eigenvalue weighted by atomic mass is 10.1. The molecule has 2 aromatic rings. The molecule has 2 heterocycles. The second-order valence-electron chi connectivity index (χ2n) is 6.08. The van der Waals surface area contributed by atoms with Gasteiger partial charge in [0.1, 0.15) is 5.76 Å². The van der Waals surface area contributed by atoms with E-state index in [9.17, 15) is 0 Å². The van der Waals surface area contributed by atoms with Gasteiger partial charge in [-0.25, -0.2) is 0 Å². The van der Waals surface area contributed by atoms with Crippen molar-refractivity contribution >= 4 is 24.0 Å². The summed E-state index contributed by atoms with van der Waals surface area (Å²) >= 11 is 6.34. The summed E-state index contributed by atoms with van der Waals surface area (Å²) in [6, 6.07) is 8.01. The van der Waals surface area contributed by atoms with Crippen molar-refractivity contribution in [1.29, 1.82) is 0 Å². The topological polar surface area (TPSA) is 46.9 Å². The molecule has 0 saturated carbocycles. The van der Waals surface area contributed by atoms with Gasteiger partial charge in [-0.05, 0) is 43.9 Å². The predicted octanol–water partition coefficient (Wildman–Crippen LogP) is 3.91. The van der Waals surface area contributed by atoms with Crippen molar-refractivity contribution in [3.05, 3.63) is 46.9 Å². The van der Waals surface area contributed by atoms with Crippen molar-refractivity contribution in [1.82, 2.24) is 10.2 Å². The maximum Gasteiger partial charge on any atom is 0.179 e. The van der Waals surface area contributed by atoms with Gasteiger partial charge in [-0.3, -0.25) is 4.90 Å². The van der Waals surface area contributed by atoms with Crippen LogP contribution >= 0.6 is 24.0 Å². The van der Waals surface area contributed by atoms with Gasteiger partial charge in [0.05, 0.1) is 30.5 Å². The van der Waals surface area contributed by atoms with Gasteiger partial charge in [-0.2, -0.15) is 0 Å². The van der Waals surface area contributed by atoms with Crippen LogP contribution in [0.15, 0.2) is 34.9 Å². The number of fused-ring (bicyclic) bond motifs is 1. The third-order valence-electron chi connectivity index (χ3n) is 4.02. The minimum Gasteiger partial charge on any atom is -0.489 e. The number of benzene rings is 1. The quantitative estimate of drug-likeness (QED) is 0.815. The molecule has 1 N–H and O–H groups in total. The van der Waals surface area contributed by atoms with Crippen LogP contribution in [0.1, 0.15) is 23.8 Å². The van der Waals surface area contributed by atoms with Crippen LogP contribution < -0.4 is 14.8 Å². The largest absolute Gasteiger partial charge is 0.489 e. The Labute approximate surface area is 159 Å². The number of rotatable bonds is 6. The first-order chi connectivity index (χ1) is 11.6. The van der Waals surface area contributed by atoms with E-state index in [1.807, 2.05) is 38.4 Å². The Balaban J connectivity index is 0.00000225. The highest BCUT2D eigenvalue weighted by Crippen LogP contribution is 2.38. The molecule has 0 fully saturated rings. The van der Waals surface area contributed by atoms with E-state index in [-0.39, 0.29) is 18.4 Å². The number of halogens is 2. The van der Waals surface area contributed by atoms with Crippen LogP contribution in [-0.4, -0.2) is 38.8 Å². The van der Waals surface area contributed by atoms with Crippen LogP contribution in [0.3, 0.4) is 0 Å². The highest BCUT2D eigenvalue weighted by molar-refractivity contribution is 6.32. The third kappa shape index (κ3) is 5.05. The lowest BCUT2D eigenvalue weighted by Gasteiger charge is -2.22. The molecule has 0 radical (unpaired) electrons. The van der Waals surface area contributed by atoms with E-state index in [0.717, 1.165) is 30.0 Å². The van der Waals surface area contributed by atoms with Crippen LogP contribution in [0.25, 0.3) is 0 Å². The predicted molar refractivity (Wildman–Crippen MR) is 101 cm³/mol. The first-order valence-electron chi connectivity index (χ1n) is 8.13. The summed E-state index contributed by atoms with van der Waals surface area (Å²) in [5.41, 5.74) is 1.07. The van der Waals surface area contributed by atoms with Crippen LogP contribution in [0.2, 0.25) is 5.02 Å². The average Bonchev–Trinajstić information content (AvgIpc) is 2.96. The Kier molecular flexibility index (Phi) is 7.44. The van der Waals surface area contributed by atoms with Gasteiger partial charge in [-0.1, -0.05) is 11.6 Å². The summed E-state index contributed by atoms with van der Waals surface area (Å²) in [6.45, 7) is 2.76. The van der Waals surface area contributed by atoms with E-state index in [2.05, 4.69) is 10.2 Å². The van der Waals surface area contributed by atoms with E-state index in [0.29, 0.717) is 30.5 Å². The van der Waals surface area contributed by atoms with Crippen molar-refractivity contribution in [2.45, 2.75) is 19.0 Å². The number of likely N-dealkylation sites (N-methyl/N-ethyl adjacent to an activating group) is 1. The lowest BCUT2D eigenvalue weighted by molar-refractivity contribution is 0.250. The molecular weight excluding hydrogens is 363 g/mol. The minimum absolute atomic E-state index is 0. The van der Waals surface area contributed by atoms with Gasteiger partial charge < -0.3 is 19.2 Å². The standard InChI is InChI=1S/C18H23ClN2O3.ClH/c1-21(2)15(16-5-3-6-22-16)12-20-11-13-9-14(19)18-17(10-13)23-7-4-8-24-18;/h3,5-6,9-10,15,20H,4,7-8,11-12H2,1-2H3;1H. The summed E-state index contributed by atoms with van der Waals surface area (Å²) < 4.78 is 16.9. The smallest absolute Gasteiger partial charge is 0.179 e. The van der Waals surface area contributed by atoms with Crippen molar-refractivity contribution in [2.24, 2.45) is 0 Å². The number of nitrogens with zero attached hydrogens (tertiary/aromatic N) is 1. The summed E-state index contributed by atoms with van der Waals surface area (Å²) in [5.74, 6) is 2.33. The molecule has 1 unspecified atom stereocenters.